The Morgan fingerprint density at radius 2 is 2.05 bits per heavy atom. The van der Waals surface area contributed by atoms with Gasteiger partial charge in [-0.15, -0.1) is 11.3 Å². The molecule has 0 amide bonds. The average Bonchev–Trinajstić information content (AvgIpc) is 2.96. The number of halogens is 2. The van der Waals surface area contributed by atoms with Crippen LogP contribution in [0.4, 0.5) is 8.78 Å². The predicted molar refractivity (Wildman–Crippen MR) is 75.9 cm³/mol. The molecule has 0 unspecified atom stereocenters. The number of hydrogen-bond donors (Lipinski definition) is 1. The van der Waals surface area contributed by atoms with E-state index in [1.807, 2.05) is 0 Å². The van der Waals surface area contributed by atoms with Gasteiger partial charge in [0.1, 0.15) is 0 Å². The van der Waals surface area contributed by atoms with Gasteiger partial charge in [-0.1, -0.05) is 0 Å². The maximum absolute atomic E-state index is 12.5. The van der Waals surface area contributed by atoms with Crippen LogP contribution in [0, 0.1) is 0 Å². The second-order valence-corrected chi connectivity index (χ2v) is 6.86. The van der Waals surface area contributed by atoms with Gasteiger partial charge >= 0.3 is 0 Å². The van der Waals surface area contributed by atoms with E-state index in [9.17, 15) is 8.78 Å². The summed E-state index contributed by atoms with van der Waals surface area (Å²) in [6.07, 6.45) is 0.222. The Morgan fingerprint density at radius 1 is 1.37 bits per heavy atom. The van der Waals surface area contributed by atoms with Crippen molar-refractivity contribution < 1.29 is 8.78 Å². The number of hydrogen-bond acceptors (Lipinski definition) is 3. The topological polar surface area (TPSA) is 15.3 Å². The van der Waals surface area contributed by atoms with E-state index in [1.165, 1.54) is 37.3 Å². The number of likely N-dealkylation sites (tertiary alicyclic amines) is 1. The van der Waals surface area contributed by atoms with Gasteiger partial charge < -0.3 is 10.2 Å². The van der Waals surface area contributed by atoms with Crippen molar-refractivity contribution in [3.05, 3.63) is 21.9 Å². The Morgan fingerprint density at radius 3 is 2.63 bits per heavy atom. The van der Waals surface area contributed by atoms with Crippen molar-refractivity contribution in [2.75, 3.05) is 19.6 Å². The summed E-state index contributed by atoms with van der Waals surface area (Å²) in [5.74, 6) is 0. The van der Waals surface area contributed by atoms with Crippen LogP contribution in [0.2, 0.25) is 0 Å². The molecule has 2 heterocycles. The second kappa shape index (κ2) is 6.29. The van der Waals surface area contributed by atoms with E-state index >= 15 is 0 Å². The third kappa shape index (κ3) is 4.51. The number of alkyl halides is 2. The van der Waals surface area contributed by atoms with E-state index < -0.39 is 6.43 Å². The zero-order valence-corrected chi connectivity index (χ0v) is 12.4. The smallest absolute Gasteiger partial charge is 0.264 e. The first kappa shape index (κ1) is 14.9. The molecule has 1 N–H and O–H groups in total. The lowest BCUT2D eigenvalue weighted by Crippen LogP contribution is -2.47. The molecule has 0 spiro atoms. The van der Waals surface area contributed by atoms with Crippen LogP contribution in [0.25, 0.3) is 0 Å². The number of thiophene rings is 1. The summed E-state index contributed by atoms with van der Waals surface area (Å²) in [6.45, 7) is 8.39. The van der Waals surface area contributed by atoms with Crippen molar-refractivity contribution in [2.45, 2.75) is 45.2 Å². The standard InChI is InChI=1S/C14H22F2N2S/c1-14(2,10-18-5-3-4-6-18)17-8-12-7-11(9-19-12)13(15)16/h7,9,13,17H,3-6,8,10H2,1-2H3. The monoisotopic (exact) mass is 288 g/mol. The molecule has 108 valence electrons. The van der Waals surface area contributed by atoms with Gasteiger partial charge in [0.25, 0.3) is 6.43 Å². The van der Waals surface area contributed by atoms with Crippen LogP contribution >= 0.6 is 11.3 Å². The van der Waals surface area contributed by atoms with Gasteiger partial charge in [-0.05, 0) is 51.2 Å². The Balaban J connectivity index is 1.82. The maximum atomic E-state index is 12.5. The predicted octanol–water partition coefficient (Wildman–Crippen LogP) is 3.65. The summed E-state index contributed by atoms with van der Waals surface area (Å²) in [6, 6.07) is 1.61. The molecule has 5 heteroatoms. The van der Waals surface area contributed by atoms with Gasteiger partial charge in [-0.25, -0.2) is 8.78 Å². The van der Waals surface area contributed by atoms with Crippen molar-refractivity contribution in [1.82, 2.24) is 10.2 Å². The first-order valence-corrected chi connectivity index (χ1v) is 7.67. The molecule has 0 aliphatic carbocycles. The molecular formula is C14H22F2N2S. The van der Waals surface area contributed by atoms with E-state index in [0.29, 0.717) is 6.54 Å². The molecule has 2 nitrogen and oxygen atoms in total. The zero-order valence-electron chi connectivity index (χ0n) is 11.6. The Kier molecular flexibility index (Phi) is 4.92. The molecule has 0 bridgehead atoms. The lowest BCUT2D eigenvalue weighted by atomic mass is 10.1. The van der Waals surface area contributed by atoms with Gasteiger partial charge in [0, 0.05) is 29.1 Å². The van der Waals surface area contributed by atoms with Gasteiger partial charge in [0.2, 0.25) is 0 Å². The molecular weight excluding hydrogens is 266 g/mol. The number of nitrogens with zero attached hydrogens (tertiary/aromatic N) is 1. The quantitative estimate of drug-likeness (QED) is 0.859. The van der Waals surface area contributed by atoms with Crippen molar-refractivity contribution in [1.29, 1.82) is 0 Å². The SMILES string of the molecule is CC(C)(CN1CCCC1)NCc1cc(C(F)F)cs1. The molecule has 0 aromatic carbocycles. The van der Waals surface area contributed by atoms with E-state index in [0.717, 1.165) is 11.4 Å². The third-order valence-corrected chi connectivity index (χ3v) is 4.44. The van der Waals surface area contributed by atoms with Crippen molar-refractivity contribution in [3.63, 3.8) is 0 Å². The number of rotatable bonds is 6. The molecule has 1 aliphatic heterocycles. The Bertz CT molecular complexity index is 398. The van der Waals surface area contributed by atoms with Gasteiger partial charge in [-0.3, -0.25) is 0 Å². The molecule has 1 aliphatic rings. The summed E-state index contributed by atoms with van der Waals surface area (Å²) in [4.78, 5) is 3.44. The first-order valence-electron chi connectivity index (χ1n) is 6.79. The van der Waals surface area contributed by atoms with Gasteiger partial charge in [0.05, 0.1) is 0 Å². The minimum atomic E-state index is -2.36. The summed E-state index contributed by atoms with van der Waals surface area (Å²) >= 11 is 1.41. The van der Waals surface area contributed by atoms with Crippen molar-refractivity contribution in [3.8, 4) is 0 Å². The van der Waals surface area contributed by atoms with E-state index in [4.69, 9.17) is 0 Å². The fraction of sp³-hybridized carbons (Fsp3) is 0.714. The molecule has 1 saturated heterocycles. The van der Waals surface area contributed by atoms with Crippen LogP contribution in [-0.4, -0.2) is 30.1 Å². The van der Waals surface area contributed by atoms with E-state index in [2.05, 4.69) is 24.1 Å². The average molecular weight is 288 g/mol. The second-order valence-electron chi connectivity index (χ2n) is 5.87. The summed E-state index contributed by atoms with van der Waals surface area (Å²) in [5, 5.41) is 5.03. The largest absolute Gasteiger partial charge is 0.306 e. The molecule has 1 fully saturated rings. The minimum Gasteiger partial charge on any atom is -0.306 e. The highest BCUT2D eigenvalue weighted by molar-refractivity contribution is 7.10. The first-order chi connectivity index (χ1) is 8.96. The van der Waals surface area contributed by atoms with Crippen LogP contribution in [0.5, 0.6) is 0 Å². The fourth-order valence-electron chi connectivity index (χ4n) is 2.49. The number of nitrogens with one attached hydrogen (secondary N) is 1. The summed E-state index contributed by atoms with van der Waals surface area (Å²) in [7, 11) is 0. The summed E-state index contributed by atoms with van der Waals surface area (Å²) < 4.78 is 25.0. The minimum absolute atomic E-state index is 0.0132. The van der Waals surface area contributed by atoms with Crippen molar-refractivity contribution in [2.24, 2.45) is 0 Å². The van der Waals surface area contributed by atoms with Crippen LogP contribution in [0.1, 0.15) is 43.6 Å². The summed E-state index contributed by atoms with van der Waals surface area (Å²) in [5.41, 5.74) is 0.151. The molecule has 2 rings (SSSR count). The zero-order chi connectivity index (χ0) is 13.9. The molecule has 0 saturated carbocycles. The highest BCUT2D eigenvalue weighted by Gasteiger charge is 2.23. The molecule has 19 heavy (non-hydrogen) atoms. The Hall–Kier alpha value is -0.520. The highest BCUT2D eigenvalue weighted by Crippen LogP contribution is 2.25. The molecule has 0 atom stereocenters. The van der Waals surface area contributed by atoms with Crippen LogP contribution in [0.3, 0.4) is 0 Å². The lowest BCUT2D eigenvalue weighted by Gasteiger charge is -2.31. The van der Waals surface area contributed by atoms with Gasteiger partial charge in [0.15, 0.2) is 0 Å². The molecule has 1 aromatic rings. The van der Waals surface area contributed by atoms with Crippen LogP contribution in [0.15, 0.2) is 11.4 Å². The molecule has 0 radical (unpaired) electrons. The van der Waals surface area contributed by atoms with Crippen LogP contribution < -0.4 is 5.32 Å². The lowest BCUT2D eigenvalue weighted by molar-refractivity contribution is 0.152. The maximum Gasteiger partial charge on any atom is 0.264 e. The van der Waals surface area contributed by atoms with E-state index in [1.54, 1.807) is 11.4 Å². The third-order valence-electron chi connectivity index (χ3n) is 3.48. The fourth-order valence-corrected chi connectivity index (χ4v) is 3.30. The molecule has 1 aromatic heterocycles. The normalized spacial score (nSPS) is 17.5. The van der Waals surface area contributed by atoms with Crippen molar-refractivity contribution >= 4 is 11.3 Å². The Labute approximate surface area is 117 Å². The van der Waals surface area contributed by atoms with E-state index in [-0.39, 0.29) is 11.1 Å². The van der Waals surface area contributed by atoms with Gasteiger partial charge in [-0.2, -0.15) is 0 Å². The van der Waals surface area contributed by atoms with Crippen LogP contribution in [-0.2, 0) is 6.54 Å². The highest BCUT2D eigenvalue weighted by atomic mass is 32.1.